The number of fused-ring (bicyclic) bond motifs is 2. The van der Waals surface area contributed by atoms with E-state index in [1.165, 1.54) is 27.7 Å². The fourth-order valence-corrected chi connectivity index (χ4v) is 6.37. The molecule has 9 atom stereocenters. The van der Waals surface area contributed by atoms with E-state index in [0.717, 1.165) is 12.5 Å². The maximum atomic E-state index is 12.8. The van der Waals surface area contributed by atoms with Gasteiger partial charge in [-0.15, -0.1) is 0 Å². The van der Waals surface area contributed by atoms with Gasteiger partial charge in [0.05, 0.1) is 11.3 Å². The van der Waals surface area contributed by atoms with E-state index in [0.29, 0.717) is 6.42 Å². The molecule has 39 heavy (non-hydrogen) atoms. The van der Waals surface area contributed by atoms with Gasteiger partial charge in [-0.2, -0.15) is 0 Å². The molecule has 1 aliphatic heterocycles. The van der Waals surface area contributed by atoms with Crippen LogP contribution < -0.4 is 0 Å². The summed E-state index contributed by atoms with van der Waals surface area (Å²) in [6.07, 6.45) is -3.42. The summed E-state index contributed by atoms with van der Waals surface area (Å²) < 4.78 is 28.6. The average molecular weight is 551 g/mol. The Labute approximate surface area is 227 Å². The quantitative estimate of drug-likeness (QED) is 0.312. The number of hydrogen-bond donors (Lipinski definition) is 1. The summed E-state index contributed by atoms with van der Waals surface area (Å²) in [5.41, 5.74) is -2.47. The topological polar surface area (TPSA) is 152 Å². The van der Waals surface area contributed by atoms with Gasteiger partial charge in [0.1, 0.15) is 24.4 Å². The minimum absolute atomic E-state index is 0.0167. The Morgan fingerprint density at radius 3 is 2.05 bits per heavy atom. The standard InChI is InChI=1S/C28H38O11/c1-13-9-10-21(36-17(5)30)27(8)22(37-18(6)31)12-20(35-16(4)29)14(2)24(27)25(38-19(7)32)28(34)15(3)26(33)39-23(28)11-13/h11,15,20-25,34H,2,9-10,12H2,1,3-8H3. The van der Waals surface area contributed by atoms with E-state index in [1.807, 2.05) is 0 Å². The second-order valence-corrected chi connectivity index (χ2v) is 11.0. The molecule has 2 fully saturated rings. The van der Waals surface area contributed by atoms with Crippen molar-refractivity contribution in [2.75, 3.05) is 0 Å². The van der Waals surface area contributed by atoms with Crippen LogP contribution in [0, 0.1) is 17.3 Å². The van der Waals surface area contributed by atoms with E-state index >= 15 is 0 Å². The molecule has 0 amide bonds. The third-order valence-corrected chi connectivity index (χ3v) is 8.26. The Hall–Kier alpha value is -3.21. The van der Waals surface area contributed by atoms with Crippen molar-refractivity contribution in [2.45, 2.75) is 104 Å². The first-order chi connectivity index (χ1) is 18.0. The molecule has 3 rings (SSSR count). The molecule has 0 spiro atoms. The number of esters is 5. The molecule has 216 valence electrons. The highest BCUT2D eigenvalue weighted by Gasteiger charge is 2.68. The lowest BCUT2D eigenvalue weighted by atomic mass is 9.54. The second-order valence-electron chi connectivity index (χ2n) is 11.0. The first kappa shape index (κ1) is 30.3. The second kappa shape index (κ2) is 11.1. The van der Waals surface area contributed by atoms with Crippen LogP contribution >= 0.6 is 0 Å². The SMILES string of the molecule is C=C1C(OC(C)=O)CC(OC(C)=O)C2(C)C(OC(C)=O)CCC(C)=CC3OC(=O)C(C)C3(O)C(OC(C)=O)C12. The van der Waals surface area contributed by atoms with Crippen molar-refractivity contribution in [3.63, 3.8) is 0 Å². The summed E-state index contributed by atoms with van der Waals surface area (Å²) in [5.74, 6) is -5.61. The van der Waals surface area contributed by atoms with Crippen molar-refractivity contribution in [2.24, 2.45) is 17.3 Å². The number of rotatable bonds is 4. The van der Waals surface area contributed by atoms with Crippen LogP contribution in [0.2, 0.25) is 0 Å². The molecule has 9 unspecified atom stereocenters. The zero-order valence-corrected chi connectivity index (χ0v) is 23.5. The summed E-state index contributed by atoms with van der Waals surface area (Å²) in [6.45, 7) is 14.0. The number of allylic oxidation sites excluding steroid dienone is 1. The summed E-state index contributed by atoms with van der Waals surface area (Å²) in [4.78, 5) is 62.1. The number of carbonyl (C=O) groups excluding carboxylic acids is 5. The van der Waals surface area contributed by atoms with Gasteiger partial charge < -0.3 is 28.8 Å². The molecule has 2 aliphatic carbocycles. The summed E-state index contributed by atoms with van der Waals surface area (Å²) in [7, 11) is 0. The van der Waals surface area contributed by atoms with Crippen LogP contribution in [-0.2, 0) is 47.7 Å². The van der Waals surface area contributed by atoms with Crippen LogP contribution in [0.4, 0.5) is 0 Å². The third-order valence-electron chi connectivity index (χ3n) is 8.26. The molecule has 1 N–H and O–H groups in total. The van der Waals surface area contributed by atoms with Crippen molar-refractivity contribution in [3.05, 3.63) is 23.8 Å². The molecule has 11 nitrogen and oxygen atoms in total. The smallest absolute Gasteiger partial charge is 0.312 e. The van der Waals surface area contributed by atoms with Crippen molar-refractivity contribution in [1.82, 2.24) is 0 Å². The third kappa shape index (κ3) is 5.59. The Kier molecular flexibility index (Phi) is 8.64. The molecule has 0 aromatic carbocycles. The number of aliphatic hydroxyl groups is 1. The average Bonchev–Trinajstić information content (AvgIpc) is 3.01. The molecular weight excluding hydrogens is 512 g/mol. The lowest BCUT2D eigenvalue weighted by Crippen LogP contribution is -2.67. The molecule has 1 heterocycles. The number of carbonyl (C=O) groups is 5. The largest absolute Gasteiger partial charge is 0.462 e. The fraction of sp³-hybridized carbons (Fsp3) is 0.679. The van der Waals surface area contributed by atoms with E-state index in [2.05, 4.69) is 6.58 Å². The molecule has 1 saturated carbocycles. The predicted molar refractivity (Wildman–Crippen MR) is 135 cm³/mol. The Morgan fingerprint density at radius 2 is 1.51 bits per heavy atom. The molecule has 0 aromatic rings. The van der Waals surface area contributed by atoms with Crippen molar-refractivity contribution in [1.29, 1.82) is 0 Å². The van der Waals surface area contributed by atoms with Crippen LogP contribution in [0.1, 0.15) is 67.7 Å². The van der Waals surface area contributed by atoms with Crippen molar-refractivity contribution >= 4 is 29.8 Å². The lowest BCUT2D eigenvalue weighted by molar-refractivity contribution is -0.226. The summed E-state index contributed by atoms with van der Waals surface area (Å²) in [5, 5.41) is 12.3. The predicted octanol–water partition coefficient (Wildman–Crippen LogP) is 2.33. The maximum Gasteiger partial charge on any atom is 0.312 e. The highest BCUT2D eigenvalue weighted by molar-refractivity contribution is 5.78. The van der Waals surface area contributed by atoms with E-state index in [-0.39, 0.29) is 18.4 Å². The van der Waals surface area contributed by atoms with Crippen molar-refractivity contribution in [3.8, 4) is 0 Å². The van der Waals surface area contributed by atoms with Gasteiger partial charge >= 0.3 is 29.8 Å². The zero-order chi connectivity index (χ0) is 29.4. The molecule has 3 aliphatic rings. The first-order valence-corrected chi connectivity index (χ1v) is 13.0. The summed E-state index contributed by atoms with van der Waals surface area (Å²) >= 11 is 0. The molecule has 1 saturated heterocycles. The van der Waals surface area contributed by atoms with E-state index < -0.39 is 83.2 Å². The molecule has 0 aromatic heterocycles. The molecular formula is C28H38O11. The van der Waals surface area contributed by atoms with Gasteiger partial charge in [0.2, 0.25) is 0 Å². The van der Waals surface area contributed by atoms with Gasteiger partial charge in [0, 0.05) is 40.0 Å². The van der Waals surface area contributed by atoms with Gasteiger partial charge in [-0.3, -0.25) is 24.0 Å². The molecule has 0 bridgehead atoms. The fourth-order valence-electron chi connectivity index (χ4n) is 6.37. The van der Waals surface area contributed by atoms with Gasteiger partial charge in [-0.05, 0) is 38.3 Å². The van der Waals surface area contributed by atoms with E-state index in [4.69, 9.17) is 23.7 Å². The van der Waals surface area contributed by atoms with Crippen LogP contribution in [-0.4, -0.2) is 71.1 Å². The Balaban J connectivity index is 2.40. The van der Waals surface area contributed by atoms with E-state index in [9.17, 15) is 29.1 Å². The number of hydrogen-bond acceptors (Lipinski definition) is 11. The molecule has 0 radical (unpaired) electrons. The van der Waals surface area contributed by atoms with Gasteiger partial charge in [0.15, 0.2) is 11.7 Å². The minimum Gasteiger partial charge on any atom is -0.462 e. The zero-order valence-electron chi connectivity index (χ0n) is 23.5. The van der Waals surface area contributed by atoms with Crippen LogP contribution in [0.3, 0.4) is 0 Å². The Morgan fingerprint density at radius 1 is 0.974 bits per heavy atom. The maximum absolute atomic E-state index is 12.8. The minimum atomic E-state index is -2.10. The normalized spacial score (nSPS) is 38.3. The van der Waals surface area contributed by atoms with Gasteiger partial charge in [0.25, 0.3) is 0 Å². The highest BCUT2D eigenvalue weighted by Crippen LogP contribution is 2.56. The van der Waals surface area contributed by atoms with E-state index in [1.54, 1.807) is 19.9 Å². The first-order valence-electron chi connectivity index (χ1n) is 13.0. The van der Waals surface area contributed by atoms with Gasteiger partial charge in [-0.1, -0.05) is 19.1 Å². The van der Waals surface area contributed by atoms with Crippen molar-refractivity contribution < 1.29 is 52.8 Å². The molecule has 11 heteroatoms. The van der Waals surface area contributed by atoms with Crippen LogP contribution in [0.5, 0.6) is 0 Å². The van der Waals surface area contributed by atoms with Crippen LogP contribution in [0.15, 0.2) is 23.8 Å². The van der Waals surface area contributed by atoms with Gasteiger partial charge in [-0.25, -0.2) is 0 Å². The Bertz CT molecular complexity index is 1090. The van der Waals surface area contributed by atoms with Crippen LogP contribution in [0.25, 0.3) is 0 Å². The monoisotopic (exact) mass is 550 g/mol. The highest BCUT2D eigenvalue weighted by atomic mass is 16.6. The number of ether oxygens (including phenoxy) is 5. The lowest BCUT2D eigenvalue weighted by Gasteiger charge is -2.56. The summed E-state index contributed by atoms with van der Waals surface area (Å²) in [6, 6.07) is 0.